The zero-order valence-corrected chi connectivity index (χ0v) is 11.8. The summed E-state index contributed by atoms with van der Waals surface area (Å²) in [5, 5.41) is 2.72. The summed E-state index contributed by atoms with van der Waals surface area (Å²) in [6.07, 6.45) is 0. The second-order valence-electron chi connectivity index (χ2n) is 4.55. The molecule has 0 bridgehead atoms. The maximum Gasteiger partial charge on any atom is 0.255 e. The van der Waals surface area contributed by atoms with Crippen molar-refractivity contribution < 1.29 is 14.3 Å². The molecule has 0 fully saturated rings. The van der Waals surface area contributed by atoms with Crippen LogP contribution >= 0.6 is 0 Å². The molecular weight excluding hydrogens is 268 g/mol. The standard InChI is InChI=1S/C16H16N2O3/c1-10(19)14-9-12(17)6-7-15(14)18-16(20)11-4-3-5-13(8-11)21-2/h3-9H,17H2,1-2H3,(H,18,20). The zero-order valence-electron chi connectivity index (χ0n) is 11.8. The number of carbonyl (C=O) groups excluding carboxylic acids is 2. The van der Waals surface area contributed by atoms with Crippen molar-refractivity contribution in [1.29, 1.82) is 0 Å². The van der Waals surface area contributed by atoms with Gasteiger partial charge in [-0.05, 0) is 43.3 Å². The Hall–Kier alpha value is -2.82. The predicted octanol–water partition coefficient (Wildman–Crippen LogP) is 2.73. The fourth-order valence-electron chi connectivity index (χ4n) is 1.92. The Morgan fingerprint density at radius 3 is 2.57 bits per heavy atom. The summed E-state index contributed by atoms with van der Waals surface area (Å²) >= 11 is 0. The van der Waals surface area contributed by atoms with Crippen LogP contribution in [0.2, 0.25) is 0 Å². The normalized spacial score (nSPS) is 10.0. The maximum atomic E-state index is 12.2. The highest BCUT2D eigenvalue weighted by atomic mass is 16.5. The van der Waals surface area contributed by atoms with Gasteiger partial charge in [0, 0.05) is 16.8 Å². The molecule has 2 aromatic rings. The van der Waals surface area contributed by atoms with Gasteiger partial charge in [-0.15, -0.1) is 0 Å². The van der Waals surface area contributed by atoms with Crippen LogP contribution in [0, 0.1) is 0 Å². The zero-order chi connectivity index (χ0) is 15.4. The van der Waals surface area contributed by atoms with E-state index in [9.17, 15) is 9.59 Å². The van der Waals surface area contributed by atoms with Crippen LogP contribution in [0.3, 0.4) is 0 Å². The van der Waals surface area contributed by atoms with Crippen molar-refractivity contribution in [3.05, 3.63) is 53.6 Å². The minimum Gasteiger partial charge on any atom is -0.497 e. The Morgan fingerprint density at radius 1 is 1.14 bits per heavy atom. The summed E-state index contributed by atoms with van der Waals surface area (Å²) < 4.78 is 5.08. The van der Waals surface area contributed by atoms with E-state index >= 15 is 0 Å². The molecule has 0 aliphatic carbocycles. The number of carbonyl (C=O) groups is 2. The molecule has 5 nitrogen and oxygen atoms in total. The van der Waals surface area contributed by atoms with E-state index in [1.807, 2.05) is 0 Å². The van der Waals surface area contributed by atoms with E-state index in [2.05, 4.69) is 5.32 Å². The molecule has 0 unspecified atom stereocenters. The number of benzene rings is 2. The number of ether oxygens (including phenoxy) is 1. The van der Waals surface area contributed by atoms with Gasteiger partial charge in [-0.1, -0.05) is 6.07 Å². The molecule has 1 amide bonds. The third-order valence-electron chi connectivity index (χ3n) is 3.00. The van der Waals surface area contributed by atoms with E-state index in [1.54, 1.807) is 42.5 Å². The first kappa shape index (κ1) is 14.6. The fraction of sp³-hybridized carbons (Fsp3) is 0.125. The van der Waals surface area contributed by atoms with Gasteiger partial charge < -0.3 is 15.8 Å². The maximum absolute atomic E-state index is 12.2. The molecule has 0 aliphatic heterocycles. The smallest absolute Gasteiger partial charge is 0.255 e. The Labute approximate surface area is 122 Å². The summed E-state index contributed by atoms with van der Waals surface area (Å²) in [6, 6.07) is 11.6. The Kier molecular flexibility index (Phi) is 4.23. The SMILES string of the molecule is COc1cccc(C(=O)Nc2ccc(N)cc2C(C)=O)c1. The summed E-state index contributed by atoms with van der Waals surface area (Å²) in [5.74, 6) is 0.108. The summed E-state index contributed by atoms with van der Waals surface area (Å²) in [6.45, 7) is 1.43. The molecular formula is C16H16N2O3. The molecule has 5 heteroatoms. The first-order valence-electron chi connectivity index (χ1n) is 6.37. The van der Waals surface area contributed by atoms with E-state index in [-0.39, 0.29) is 11.7 Å². The molecule has 2 aromatic carbocycles. The van der Waals surface area contributed by atoms with Crippen LogP contribution in [-0.2, 0) is 0 Å². The van der Waals surface area contributed by atoms with Gasteiger partial charge in [0.1, 0.15) is 5.75 Å². The molecule has 0 saturated carbocycles. The lowest BCUT2D eigenvalue weighted by Gasteiger charge is -2.10. The third-order valence-corrected chi connectivity index (χ3v) is 3.00. The Bertz CT molecular complexity index is 696. The van der Waals surface area contributed by atoms with Gasteiger partial charge in [-0.25, -0.2) is 0 Å². The molecule has 0 aliphatic rings. The third kappa shape index (κ3) is 3.39. The number of rotatable bonds is 4. The van der Waals surface area contributed by atoms with Crippen LogP contribution in [0.5, 0.6) is 5.75 Å². The van der Waals surface area contributed by atoms with Gasteiger partial charge in [-0.3, -0.25) is 9.59 Å². The van der Waals surface area contributed by atoms with Gasteiger partial charge >= 0.3 is 0 Å². The lowest BCUT2D eigenvalue weighted by molar-refractivity contribution is 0.101. The first-order chi connectivity index (χ1) is 10.0. The van der Waals surface area contributed by atoms with E-state index < -0.39 is 0 Å². The Balaban J connectivity index is 2.29. The topological polar surface area (TPSA) is 81.4 Å². The first-order valence-corrected chi connectivity index (χ1v) is 6.37. The number of amides is 1. The number of nitrogen functional groups attached to an aromatic ring is 1. The number of hydrogen-bond acceptors (Lipinski definition) is 4. The average molecular weight is 284 g/mol. The molecule has 21 heavy (non-hydrogen) atoms. The summed E-state index contributed by atoms with van der Waals surface area (Å²) in [5.41, 5.74) is 7.40. The van der Waals surface area contributed by atoms with Crippen LogP contribution in [0.15, 0.2) is 42.5 Å². The van der Waals surface area contributed by atoms with Crippen molar-refractivity contribution in [3.63, 3.8) is 0 Å². The second kappa shape index (κ2) is 6.09. The highest BCUT2D eigenvalue weighted by Crippen LogP contribution is 2.21. The Morgan fingerprint density at radius 2 is 1.90 bits per heavy atom. The highest BCUT2D eigenvalue weighted by Gasteiger charge is 2.12. The largest absolute Gasteiger partial charge is 0.497 e. The summed E-state index contributed by atoms with van der Waals surface area (Å²) in [7, 11) is 1.53. The van der Waals surface area contributed by atoms with Crippen molar-refractivity contribution in [2.24, 2.45) is 0 Å². The molecule has 2 rings (SSSR count). The van der Waals surface area contributed by atoms with Crippen LogP contribution in [-0.4, -0.2) is 18.8 Å². The number of nitrogens with one attached hydrogen (secondary N) is 1. The number of nitrogens with two attached hydrogens (primary N) is 1. The van der Waals surface area contributed by atoms with Gasteiger partial charge in [0.2, 0.25) is 0 Å². The minimum atomic E-state index is -0.318. The highest BCUT2D eigenvalue weighted by molar-refractivity contribution is 6.09. The molecule has 0 heterocycles. The van der Waals surface area contributed by atoms with Gasteiger partial charge in [0.15, 0.2) is 5.78 Å². The fourth-order valence-corrected chi connectivity index (χ4v) is 1.92. The van der Waals surface area contributed by atoms with Crippen LogP contribution < -0.4 is 15.8 Å². The summed E-state index contributed by atoms with van der Waals surface area (Å²) in [4.78, 5) is 23.8. The molecule has 0 radical (unpaired) electrons. The lowest BCUT2D eigenvalue weighted by atomic mass is 10.1. The number of methoxy groups -OCH3 is 1. The van der Waals surface area contributed by atoms with Crippen molar-refractivity contribution >= 4 is 23.1 Å². The van der Waals surface area contributed by atoms with Gasteiger partial charge in [-0.2, -0.15) is 0 Å². The van der Waals surface area contributed by atoms with E-state index in [0.717, 1.165) is 0 Å². The minimum absolute atomic E-state index is 0.164. The molecule has 0 aromatic heterocycles. The van der Waals surface area contributed by atoms with Gasteiger partial charge in [0.05, 0.1) is 12.8 Å². The lowest BCUT2D eigenvalue weighted by Crippen LogP contribution is -2.14. The molecule has 3 N–H and O–H groups in total. The van der Waals surface area contributed by atoms with Crippen LogP contribution in [0.4, 0.5) is 11.4 Å². The van der Waals surface area contributed by atoms with Crippen molar-refractivity contribution in [1.82, 2.24) is 0 Å². The van der Waals surface area contributed by atoms with E-state index in [4.69, 9.17) is 10.5 Å². The molecule has 108 valence electrons. The number of anilines is 2. The average Bonchev–Trinajstić information content (AvgIpc) is 2.48. The quantitative estimate of drug-likeness (QED) is 0.668. The monoisotopic (exact) mass is 284 g/mol. The van der Waals surface area contributed by atoms with E-state index in [1.165, 1.54) is 14.0 Å². The second-order valence-corrected chi connectivity index (χ2v) is 4.55. The van der Waals surface area contributed by atoms with Crippen molar-refractivity contribution in [3.8, 4) is 5.75 Å². The molecule has 0 saturated heterocycles. The van der Waals surface area contributed by atoms with E-state index in [0.29, 0.717) is 28.3 Å². The van der Waals surface area contributed by atoms with Crippen molar-refractivity contribution in [2.75, 3.05) is 18.2 Å². The number of Topliss-reactive ketones (excluding diaryl/α,β-unsaturated/α-hetero) is 1. The number of hydrogen-bond donors (Lipinski definition) is 2. The van der Waals surface area contributed by atoms with Crippen LogP contribution in [0.25, 0.3) is 0 Å². The molecule has 0 atom stereocenters. The van der Waals surface area contributed by atoms with Crippen molar-refractivity contribution in [2.45, 2.75) is 6.92 Å². The van der Waals surface area contributed by atoms with Gasteiger partial charge in [0.25, 0.3) is 5.91 Å². The predicted molar refractivity (Wildman–Crippen MR) is 81.8 cm³/mol. The van der Waals surface area contributed by atoms with Crippen LogP contribution in [0.1, 0.15) is 27.6 Å². The number of ketones is 1. The molecule has 0 spiro atoms.